The van der Waals surface area contributed by atoms with Crippen molar-refractivity contribution in [1.82, 2.24) is 4.98 Å². The number of rotatable bonds is 5. The Morgan fingerprint density at radius 3 is 2.46 bits per heavy atom. The van der Waals surface area contributed by atoms with E-state index in [4.69, 9.17) is 9.40 Å². The Kier molecular flexibility index (Phi) is 5.67. The molecule has 1 aliphatic carbocycles. The van der Waals surface area contributed by atoms with Crippen LogP contribution in [0.4, 0.5) is 10.4 Å². The monoisotopic (exact) mass is 494 g/mol. The van der Waals surface area contributed by atoms with Crippen molar-refractivity contribution in [3.05, 3.63) is 89.8 Å². The molecule has 1 unspecified atom stereocenters. The highest BCUT2D eigenvalue weighted by molar-refractivity contribution is 5.86. The van der Waals surface area contributed by atoms with Crippen LogP contribution in [-0.4, -0.2) is 29.1 Å². The third kappa shape index (κ3) is 4.22. The molecule has 4 aromatic rings. The minimum Gasteiger partial charge on any atom is -0.481 e. The van der Waals surface area contributed by atoms with Crippen LogP contribution in [0.25, 0.3) is 39.8 Å². The maximum Gasteiger partial charge on any atom is 0.311 e. The van der Waals surface area contributed by atoms with E-state index < -0.39 is 11.4 Å². The van der Waals surface area contributed by atoms with Gasteiger partial charge < -0.3 is 14.4 Å². The predicted molar refractivity (Wildman–Crippen MR) is 143 cm³/mol. The molecule has 186 valence electrons. The lowest BCUT2D eigenvalue weighted by Crippen LogP contribution is -2.46. The highest BCUT2D eigenvalue weighted by Crippen LogP contribution is 2.41. The molecule has 1 fully saturated rings. The molecule has 2 heterocycles. The molecule has 1 aromatic heterocycles. The highest BCUT2D eigenvalue weighted by Gasteiger charge is 2.39. The zero-order chi connectivity index (χ0) is 25.6. The number of aliphatic carboxylic acids is 1. The molecule has 1 N–H and O–H groups in total. The molecule has 0 amide bonds. The Labute approximate surface area is 214 Å². The minimum atomic E-state index is -0.847. The Morgan fingerprint density at radius 1 is 1.03 bits per heavy atom. The number of hydrogen-bond donors (Lipinski definition) is 1. The number of carboxylic acid groups (broad SMARTS) is 1. The summed E-state index contributed by atoms with van der Waals surface area (Å²) in [4.78, 5) is 18.8. The number of oxazole rings is 1. The third-order valence-corrected chi connectivity index (χ3v) is 7.50. The molecule has 5 nitrogen and oxygen atoms in total. The second kappa shape index (κ2) is 9.04. The predicted octanol–water partition coefficient (Wildman–Crippen LogP) is 7.08. The summed E-state index contributed by atoms with van der Waals surface area (Å²) in [6, 6.07) is 21.1. The maximum atomic E-state index is 13.4. The van der Waals surface area contributed by atoms with Gasteiger partial charge in [0.2, 0.25) is 0 Å². The topological polar surface area (TPSA) is 66.6 Å². The second-order valence-corrected chi connectivity index (χ2v) is 10.1. The summed E-state index contributed by atoms with van der Waals surface area (Å²) < 4.78 is 19.8. The third-order valence-electron chi connectivity index (χ3n) is 7.50. The molecule has 1 aliphatic heterocycles. The van der Waals surface area contributed by atoms with Crippen LogP contribution in [0, 0.1) is 11.2 Å². The summed E-state index contributed by atoms with van der Waals surface area (Å²) in [5.41, 5.74) is 6.02. The van der Waals surface area contributed by atoms with Crippen LogP contribution >= 0.6 is 0 Å². The number of piperidine rings is 1. The molecule has 0 radical (unpaired) electrons. The van der Waals surface area contributed by atoms with Crippen molar-refractivity contribution in [2.24, 2.45) is 5.41 Å². The SMILES string of the molecule is CC1(C(=O)O)CCCN(c2nc(-c3ccc(-c4ccc(F)cc4)cc3)c(-c3cccc4c3C=CC4)o2)C1. The minimum absolute atomic E-state index is 0.263. The van der Waals surface area contributed by atoms with E-state index in [0.29, 0.717) is 31.3 Å². The molecule has 0 spiro atoms. The van der Waals surface area contributed by atoms with Gasteiger partial charge in [-0.05, 0) is 60.6 Å². The first kappa shape index (κ1) is 23.2. The molecule has 2 aliphatic rings. The van der Waals surface area contributed by atoms with Gasteiger partial charge in [0.25, 0.3) is 6.01 Å². The van der Waals surface area contributed by atoms with Crippen LogP contribution in [0.2, 0.25) is 0 Å². The van der Waals surface area contributed by atoms with Crippen molar-refractivity contribution in [2.45, 2.75) is 26.2 Å². The maximum absolute atomic E-state index is 13.4. The molecule has 6 heteroatoms. The normalized spacial score (nSPS) is 18.7. The molecule has 0 saturated carbocycles. The number of nitrogens with zero attached hydrogens (tertiary/aromatic N) is 2. The standard InChI is InChI=1S/C31H27FN2O3/c1-31(29(35)36)17-4-18-34(19-31)30-33-27(28(37-30)26-8-3-6-22-5-2-7-25(22)26)23-11-9-20(10-12-23)21-13-15-24(32)16-14-21/h2-3,6-16H,4-5,17-19H2,1H3,(H,35,36). The molecule has 3 aromatic carbocycles. The Morgan fingerprint density at radius 2 is 1.73 bits per heavy atom. The van der Waals surface area contributed by atoms with Gasteiger partial charge >= 0.3 is 5.97 Å². The quantitative estimate of drug-likeness (QED) is 0.321. The van der Waals surface area contributed by atoms with Gasteiger partial charge in [-0.25, -0.2) is 4.39 Å². The molecule has 0 bridgehead atoms. The number of anilines is 1. The van der Waals surface area contributed by atoms with Gasteiger partial charge in [0.05, 0.1) is 5.41 Å². The number of fused-ring (bicyclic) bond motifs is 1. The zero-order valence-electron chi connectivity index (χ0n) is 20.6. The molecular formula is C31H27FN2O3. The van der Waals surface area contributed by atoms with Gasteiger partial charge in [0.1, 0.15) is 11.5 Å². The smallest absolute Gasteiger partial charge is 0.311 e. The summed E-state index contributed by atoms with van der Waals surface area (Å²) in [6.45, 7) is 2.83. The molecule has 1 saturated heterocycles. The van der Waals surface area contributed by atoms with Gasteiger partial charge in [0.15, 0.2) is 5.76 Å². The lowest BCUT2D eigenvalue weighted by molar-refractivity contribution is -0.148. The van der Waals surface area contributed by atoms with E-state index in [9.17, 15) is 14.3 Å². The van der Waals surface area contributed by atoms with E-state index in [-0.39, 0.29) is 5.82 Å². The van der Waals surface area contributed by atoms with Crippen LogP contribution in [0.15, 0.2) is 77.2 Å². The summed E-state index contributed by atoms with van der Waals surface area (Å²) in [6.07, 6.45) is 6.53. The number of hydrogen-bond acceptors (Lipinski definition) is 4. The number of allylic oxidation sites excluding steroid dienone is 1. The van der Waals surface area contributed by atoms with Gasteiger partial charge in [-0.2, -0.15) is 4.98 Å². The van der Waals surface area contributed by atoms with E-state index in [0.717, 1.165) is 46.4 Å². The van der Waals surface area contributed by atoms with E-state index >= 15 is 0 Å². The lowest BCUT2D eigenvalue weighted by atomic mass is 9.82. The van der Waals surface area contributed by atoms with Crippen molar-refractivity contribution in [2.75, 3.05) is 18.0 Å². The van der Waals surface area contributed by atoms with Crippen LogP contribution in [0.5, 0.6) is 0 Å². The van der Waals surface area contributed by atoms with Gasteiger partial charge in [-0.1, -0.05) is 66.7 Å². The average Bonchev–Trinajstić information content (AvgIpc) is 3.57. The Hall–Kier alpha value is -4.19. The number of carbonyl (C=O) groups is 1. The summed E-state index contributed by atoms with van der Waals surface area (Å²) >= 11 is 0. The average molecular weight is 495 g/mol. The van der Waals surface area contributed by atoms with Crippen LogP contribution in [-0.2, 0) is 11.2 Å². The number of benzene rings is 3. The van der Waals surface area contributed by atoms with Crippen molar-refractivity contribution in [1.29, 1.82) is 0 Å². The largest absolute Gasteiger partial charge is 0.481 e. The Bertz CT molecular complexity index is 1500. The number of aromatic nitrogens is 1. The second-order valence-electron chi connectivity index (χ2n) is 10.1. The fourth-order valence-corrected chi connectivity index (χ4v) is 5.35. The summed E-state index contributed by atoms with van der Waals surface area (Å²) in [5, 5.41) is 9.81. The molecular weight excluding hydrogens is 467 g/mol. The van der Waals surface area contributed by atoms with E-state index in [1.807, 2.05) is 41.3 Å². The van der Waals surface area contributed by atoms with Crippen LogP contribution < -0.4 is 4.90 Å². The van der Waals surface area contributed by atoms with Gasteiger partial charge in [-0.15, -0.1) is 0 Å². The first-order chi connectivity index (χ1) is 17.9. The van der Waals surface area contributed by atoms with Crippen molar-refractivity contribution < 1.29 is 18.7 Å². The van der Waals surface area contributed by atoms with Crippen molar-refractivity contribution >= 4 is 18.1 Å². The van der Waals surface area contributed by atoms with E-state index in [1.165, 1.54) is 17.7 Å². The summed E-state index contributed by atoms with van der Waals surface area (Å²) in [7, 11) is 0. The van der Waals surface area contributed by atoms with Crippen molar-refractivity contribution in [3.63, 3.8) is 0 Å². The van der Waals surface area contributed by atoms with Gasteiger partial charge in [0, 0.05) is 24.2 Å². The first-order valence-electron chi connectivity index (χ1n) is 12.6. The number of carboxylic acids is 1. The highest BCUT2D eigenvalue weighted by atomic mass is 19.1. The van der Waals surface area contributed by atoms with Crippen LogP contribution in [0.1, 0.15) is 30.9 Å². The zero-order valence-corrected chi connectivity index (χ0v) is 20.6. The first-order valence-corrected chi connectivity index (χ1v) is 12.6. The summed E-state index contributed by atoms with van der Waals surface area (Å²) in [5.74, 6) is -0.386. The van der Waals surface area contributed by atoms with Gasteiger partial charge in [-0.3, -0.25) is 4.79 Å². The number of halogens is 1. The van der Waals surface area contributed by atoms with Crippen LogP contribution in [0.3, 0.4) is 0 Å². The molecule has 37 heavy (non-hydrogen) atoms. The van der Waals surface area contributed by atoms with E-state index in [2.05, 4.69) is 18.2 Å². The fraction of sp³-hybridized carbons (Fsp3) is 0.226. The molecule has 6 rings (SSSR count). The fourth-order valence-electron chi connectivity index (χ4n) is 5.35. The lowest BCUT2D eigenvalue weighted by Gasteiger charge is -2.36. The molecule has 1 atom stereocenters. The Balaban J connectivity index is 1.43. The van der Waals surface area contributed by atoms with Crippen molar-refractivity contribution in [3.8, 4) is 33.7 Å². The van der Waals surface area contributed by atoms with E-state index in [1.54, 1.807) is 19.1 Å².